The average molecular weight is 292 g/mol. The lowest BCUT2D eigenvalue weighted by molar-refractivity contribution is -0.0892. The first-order valence-corrected chi connectivity index (χ1v) is 8.64. The summed E-state index contributed by atoms with van der Waals surface area (Å²) in [6, 6.07) is 8.79. The third kappa shape index (κ3) is 2.91. The molecular formula is C16H24N2OS. The van der Waals surface area contributed by atoms with E-state index in [0.717, 1.165) is 25.1 Å². The van der Waals surface area contributed by atoms with E-state index in [1.165, 1.54) is 30.0 Å². The SMILES string of the molecule is CN(c1ccc(N)cc1)C1CCOC2(CCSCC2)C1. The zero-order valence-corrected chi connectivity index (χ0v) is 13.0. The van der Waals surface area contributed by atoms with Gasteiger partial charge in [-0.15, -0.1) is 0 Å². The van der Waals surface area contributed by atoms with Crippen molar-refractivity contribution in [2.75, 3.05) is 35.8 Å². The van der Waals surface area contributed by atoms with Crippen LogP contribution < -0.4 is 10.6 Å². The lowest BCUT2D eigenvalue weighted by atomic mass is 9.85. The summed E-state index contributed by atoms with van der Waals surface area (Å²) < 4.78 is 6.18. The molecule has 0 radical (unpaired) electrons. The largest absolute Gasteiger partial charge is 0.399 e. The van der Waals surface area contributed by atoms with E-state index in [1.807, 2.05) is 12.1 Å². The number of rotatable bonds is 2. The van der Waals surface area contributed by atoms with Crippen molar-refractivity contribution in [3.05, 3.63) is 24.3 Å². The molecule has 1 aromatic carbocycles. The highest BCUT2D eigenvalue weighted by Gasteiger charge is 2.39. The van der Waals surface area contributed by atoms with Crippen LogP contribution in [0, 0.1) is 0 Å². The van der Waals surface area contributed by atoms with Crippen molar-refractivity contribution < 1.29 is 4.74 Å². The van der Waals surface area contributed by atoms with Crippen molar-refractivity contribution in [3.63, 3.8) is 0 Å². The summed E-state index contributed by atoms with van der Waals surface area (Å²) in [4.78, 5) is 2.41. The number of nitrogens with two attached hydrogens (primary N) is 1. The lowest BCUT2D eigenvalue weighted by Crippen LogP contribution is -2.49. The monoisotopic (exact) mass is 292 g/mol. The van der Waals surface area contributed by atoms with Gasteiger partial charge in [-0.25, -0.2) is 0 Å². The van der Waals surface area contributed by atoms with Gasteiger partial charge in [0.1, 0.15) is 0 Å². The van der Waals surface area contributed by atoms with Gasteiger partial charge in [-0.3, -0.25) is 0 Å². The minimum Gasteiger partial charge on any atom is -0.399 e. The maximum Gasteiger partial charge on any atom is 0.0717 e. The summed E-state index contributed by atoms with van der Waals surface area (Å²) in [5, 5.41) is 0. The molecule has 4 heteroatoms. The van der Waals surface area contributed by atoms with Crippen molar-refractivity contribution in [2.24, 2.45) is 0 Å². The molecule has 0 saturated carbocycles. The van der Waals surface area contributed by atoms with Crippen LogP contribution >= 0.6 is 11.8 Å². The first kappa shape index (κ1) is 14.1. The number of nitrogens with zero attached hydrogens (tertiary/aromatic N) is 1. The minimum absolute atomic E-state index is 0.149. The van der Waals surface area contributed by atoms with Crippen LogP contribution in [-0.4, -0.2) is 36.8 Å². The van der Waals surface area contributed by atoms with E-state index in [9.17, 15) is 0 Å². The van der Waals surface area contributed by atoms with E-state index in [2.05, 4.69) is 35.8 Å². The standard InChI is InChI=1S/C16H24N2OS/c1-18(14-4-2-13(17)3-5-14)15-6-9-19-16(12-15)7-10-20-11-8-16/h2-5,15H,6-12,17H2,1H3. The van der Waals surface area contributed by atoms with E-state index in [0.29, 0.717) is 6.04 Å². The molecule has 1 unspecified atom stereocenters. The molecule has 1 spiro atoms. The minimum atomic E-state index is 0.149. The van der Waals surface area contributed by atoms with Crippen LogP contribution in [0.1, 0.15) is 25.7 Å². The number of ether oxygens (including phenoxy) is 1. The molecule has 2 aliphatic rings. The first-order chi connectivity index (χ1) is 9.69. The van der Waals surface area contributed by atoms with Crippen LogP contribution in [0.4, 0.5) is 11.4 Å². The quantitative estimate of drug-likeness (QED) is 0.850. The normalized spacial score (nSPS) is 25.6. The van der Waals surface area contributed by atoms with Crippen molar-refractivity contribution >= 4 is 23.1 Å². The highest BCUT2D eigenvalue weighted by molar-refractivity contribution is 7.99. The highest BCUT2D eigenvalue weighted by atomic mass is 32.2. The number of nitrogen functional groups attached to an aromatic ring is 1. The van der Waals surface area contributed by atoms with E-state index in [1.54, 1.807) is 0 Å². The molecule has 110 valence electrons. The van der Waals surface area contributed by atoms with Crippen molar-refractivity contribution in [1.29, 1.82) is 0 Å². The second-order valence-corrected chi connectivity index (χ2v) is 7.22. The number of hydrogen-bond acceptors (Lipinski definition) is 4. The Morgan fingerprint density at radius 1 is 1.25 bits per heavy atom. The van der Waals surface area contributed by atoms with Crippen LogP contribution in [0.25, 0.3) is 0 Å². The Kier molecular flexibility index (Phi) is 4.13. The molecule has 0 aromatic heterocycles. The number of anilines is 2. The second-order valence-electron chi connectivity index (χ2n) is 5.99. The third-order valence-electron chi connectivity index (χ3n) is 4.72. The predicted molar refractivity (Wildman–Crippen MR) is 87.5 cm³/mol. The molecule has 2 saturated heterocycles. The topological polar surface area (TPSA) is 38.5 Å². The fourth-order valence-electron chi connectivity index (χ4n) is 3.34. The summed E-state index contributed by atoms with van der Waals surface area (Å²) in [7, 11) is 2.20. The van der Waals surface area contributed by atoms with E-state index in [4.69, 9.17) is 10.5 Å². The molecule has 0 bridgehead atoms. The maximum atomic E-state index is 6.18. The summed E-state index contributed by atoms with van der Waals surface area (Å²) in [5.74, 6) is 2.50. The zero-order valence-electron chi connectivity index (χ0n) is 12.2. The Morgan fingerprint density at radius 3 is 2.65 bits per heavy atom. The van der Waals surface area contributed by atoms with Crippen LogP contribution in [0.5, 0.6) is 0 Å². The van der Waals surface area contributed by atoms with Crippen LogP contribution in [0.2, 0.25) is 0 Å². The molecule has 3 nitrogen and oxygen atoms in total. The van der Waals surface area contributed by atoms with Crippen molar-refractivity contribution in [2.45, 2.75) is 37.3 Å². The average Bonchev–Trinajstić information content (AvgIpc) is 2.48. The van der Waals surface area contributed by atoms with E-state index in [-0.39, 0.29) is 5.60 Å². The van der Waals surface area contributed by atoms with Gasteiger partial charge in [-0.1, -0.05) is 0 Å². The maximum absolute atomic E-state index is 6.18. The van der Waals surface area contributed by atoms with Gasteiger partial charge in [0.05, 0.1) is 5.60 Å². The molecular weight excluding hydrogens is 268 g/mol. The summed E-state index contributed by atoms with van der Waals surface area (Å²) in [6.07, 6.45) is 4.71. The van der Waals surface area contributed by atoms with Gasteiger partial charge in [-0.2, -0.15) is 11.8 Å². The zero-order chi connectivity index (χ0) is 14.0. The Hall–Kier alpha value is -0.870. The van der Waals surface area contributed by atoms with Gasteiger partial charge >= 0.3 is 0 Å². The Morgan fingerprint density at radius 2 is 1.95 bits per heavy atom. The molecule has 1 aromatic rings. The number of thioether (sulfide) groups is 1. The number of benzene rings is 1. The van der Waals surface area contributed by atoms with Gasteiger partial charge in [0, 0.05) is 31.1 Å². The van der Waals surface area contributed by atoms with Gasteiger partial charge in [0.2, 0.25) is 0 Å². The summed E-state index contributed by atoms with van der Waals surface area (Å²) >= 11 is 2.06. The smallest absolute Gasteiger partial charge is 0.0717 e. The van der Waals surface area contributed by atoms with Gasteiger partial charge in [-0.05, 0) is 61.5 Å². The highest BCUT2D eigenvalue weighted by Crippen LogP contribution is 2.39. The molecule has 2 fully saturated rings. The van der Waals surface area contributed by atoms with Crippen LogP contribution in [0.3, 0.4) is 0 Å². The van der Waals surface area contributed by atoms with Crippen molar-refractivity contribution in [3.8, 4) is 0 Å². The molecule has 0 amide bonds. The Bertz CT molecular complexity index is 437. The molecule has 2 N–H and O–H groups in total. The van der Waals surface area contributed by atoms with Gasteiger partial charge in [0.15, 0.2) is 0 Å². The third-order valence-corrected chi connectivity index (χ3v) is 5.70. The number of hydrogen-bond donors (Lipinski definition) is 1. The van der Waals surface area contributed by atoms with Gasteiger partial charge in [0.25, 0.3) is 0 Å². The Balaban J connectivity index is 1.71. The molecule has 2 heterocycles. The van der Waals surface area contributed by atoms with Crippen molar-refractivity contribution in [1.82, 2.24) is 0 Å². The van der Waals surface area contributed by atoms with Crippen LogP contribution in [-0.2, 0) is 4.74 Å². The summed E-state index contributed by atoms with van der Waals surface area (Å²) in [5.41, 5.74) is 8.01. The first-order valence-electron chi connectivity index (χ1n) is 7.49. The Labute approximate surface area is 125 Å². The second kappa shape index (κ2) is 5.86. The lowest BCUT2D eigenvalue weighted by Gasteiger charge is -2.46. The molecule has 2 aliphatic heterocycles. The van der Waals surface area contributed by atoms with Gasteiger partial charge < -0.3 is 15.4 Å². The fraction of sp³-hybridized carbons (Fsp3) is 0.625. The summed E-state index contributed by atoms with van der Waals surface area (Å²) in [6.45, 7) is 0.897. The molecule has 3 rings (SSSR count). The fourth-order valence-corrected chi connectivity index (χ4v) is 4.58. The molecule has 0 aliphatic carbocycles. The molecule has 1 atom stereocenters. The predicted octanol–water partition coefficient (Wildman–Crippen LogP) is 3.15. The van der Waals surface area contributed by atoms with E-state index >= 15 is 0 Å². The molecule has 20 heavy (non-hydrogen) atoms. The van der Waals surface area contributed by atoms with E-state index < -0.39 is 0 Å². The van der Waals surface area contributed by atoms with Crippen LogP contribution in [0.15, 0.2) is 24.3 Å².